The van der Waals surface area contributed by atoms with Crippen molar-refractivity contribution in [2.24, 2.45) is 17.8 Å². The molecule has 0 saturated carbocycles. The fourth-order valence-corrected chi connectivity index (χ4v) is 11.7. The maximum atomic E-state index is 2.76. The van der Waals surface area contributed by atoms with Gasteiger partial charge in [-0.3, -0.25) is 0 Å². The van der Waals surface area contributed by atoms with Gasteiger partial charge in [-0.25, -0.2) is 0 Å². The van der Waals surface area contributed by atoms with Gasteiger partial charge >= 0.3 is 0 Å². The average molecular weight is 668 g/mol. The highest BCUT2D eigenvalue weighted by atomic mass is 15.2. The summed E-state index contributed by atoms with van der Waals surface area (Å²) < 4.78 is 0. The summed E-state index contributed by atoms with van der Waals surface area (Å²) in [6.07, 6.45) is 2.61. The van der Waals surface area contributed by atoms with Crippen molar-refractivity contribution in [2.75, 3.05) is 4.90 Å². The number of hydrogen-bond acceptors (Lipinski definition) is 1. The molecule has 0 N–H and O–H groups in total. The highest BCUT2D eigenvalue weighted by molar-refractivity contribution is 6.03. The first-order chi connectivity index (χ1) is 25.5. The molecule has 5 atom stereocenters. The number of allylic oxidation sites excluding steroid dienone is 4. The SMILES string of the molecule is CC1C=C(c2ccccc2)C2(C)C3=C1C(C)C1=C(C3C)C3(c4ccccc41)c1ccccc1-c1cccc(c13)N2c1ccc(-c2ccccc2)cc1. The zero-order valence-electron chi connectivity index (χ0n) is 30.2. The molecule has 5 unspecified atom stereocenters. The third-order valence-corrected chi connectivity index (χ3v) is 13.4. The Morgan fingerprint density at radius 2 is 1.08 bits per heavy atom. The summed E-state index contributed by atoms with van der Waals surface area (Å²) in [5.41, 5.74) is 21.7. The molecule has 6 aromatic carbocycles. The quantitative estimate of drug-likeness (QED) is 0.170. The molecule has 0 amide bonds. The fraction of sp³-hybridized carbons (Fsp3) is 0.176. The van der Waals surface area contributed by atoms with Gasteiger partial charge < -0.3 is 4.90 Å². The molecular formula is C51H41N. The van der Waals surface area contributed by atoms with Crippen LogP contribution in [0.4, 0.5) is 11.4 Å². The first-order valence-corrected chi connectivity index (χ1v) is 19.0. The van der Waals surface area contributed by atoms with Crippen LogP contribution < -0.4 is 4.90 Å². The van der Waals surface area contributed by atoms with Crippen LogP contribution in [0.1, 0.15) is 55.5 Å². The van der Waals surface area contributed by atoms with E-state index in [1.807, 2.05) is 0 Å². The van der Waals surface area contributed by atoms with Crippen LogP contribution in [0, 0.1) is 17.8 Å². The molecular weight excluding hydrogens is 627 g/mol. The summed E-state index contributed by atoms with van der Waals surface area (Å²) in [6, 6.07) is 57.3. The van der Waals surface area contributed by atoms with Crippen molar-refractivity contribution >= 4 is 22.5 Å². The molecule has 52 heavy (non-hydrogen) atoms. The molecule has 0 saturated heterocycles. The normalized spacial score (nSPS) is 26.0. The lowest BCUT2D eigenvalue weighted by atomic mass is 9.54. The maximum Gasteiger partial charge on any atom is 0.0898 e. The Balaban J connectivity index is 1.32. The van der Waals surface area contributed by atoms with Gasteiger partial charge in [0.2, 0.25) is 0 Å². The molecule has 0 aromatic heterocycles. The second-order valence-corrected chi connectivity index (χ2v) is 15.7. The van der Waals surface area contributed by atoms with Crippen LogP contribution in [-0.2, 0) is 5.41 Å². The van der Waals surface area contributed by atoms with E-state index in [1.54, 1.807) is 22.3 Å². The summed E-state index contributed by atoms with van der Waals surface area (Å²) in [4.78, 5) is 2.76. The van der Waals surface area contributed by atoms with Crippen molar-refractivity contribution in [3.63, 3.8) is 0 Å². The van der Waals surface area contributed by atoms with Gasteiger partial charge in [0, 0.05) is 28.8 Å². The molecule has 6 aromatic rings. The van der Waals surface area contributed by atoms with E-state index in [0.29, 0.717) is 5.92 Å². The number of fused-ring (bicyclic) bond motifs is 4. The molecule has 11 rings (SSSR count). The molecule has 5 aliphatic rings. The van der Waals surface area contributed by atoms with Crippen LogP contribution >= 0.6 is 0 Å². The van der Waals surface area contributed by atoms with Crippen molar-refractivity contribution in [3.05, 3.63) is 202 Å². The standard InChI is InChI=1S/C51H41N/c1-31-30-43(36-18-9-6-10-19-36)50(4)47-33(3)48-46(32(2)45(31)47)40-21-12-14-24-42(40)51(48)41-23-13-11-20-38(41)39-22-15-25-44(49(39)51)52(50)37-28-26-35(27-29-37)34-16-7-5-8-17-34/h5-33H,1-4H3. The Kier molecular flexibility index (Phi) is 6.03. The average Bonchev–Trinajstić information content (AvgIpc) is 3.66. The summed E-state index contributed by atoms with van der Waals surface area (Å²) in [5.74, 6) is 0.803. The molecule has 0 radical (unpaired) electrons. The van der Waals surface area contributed by atoms with E-state index in [4.69, 9.17) is 0 Å². The third-order valence-electron chi connectivity index (χ3n) is 13.4. The van der Waals surface area contributed by atoms with Crippen molar-refractivity contribution in [2.45, 2.75) is 38.6 Å². The van der Waals surface area contributed by atoms with Crippen molar-refractivity contribution < 1.29 is 0 Å². The number of benzene rings is 6. The van der Waals surface area contributed by atoms with E-state index in [1.165, 1.54) is 67.0 Å². The molecule has 1 heteroatoms. The van der Waals surface area contributed by atoms with E-state index in [2.05, 4.69) is 190 Å². The van der Waals surface area contributed by atoms with Gasteiger partial charge in [-0.05, 0) is 97.8 Å². The van der Waals surface area contributed by atoms with E-state index < -0.39 is 5.54 Å². The minimum absolute atomic E-state index is 0.215. The van der Waals surface area contributed by atoms with Crippen molar-refractivity contribution in [1.82, 2.24) is 0 Å². The van der Waals surface area contributed by atoms with Gasteiger partial charge in [0.05, 0.1) is 11.0 Å². The lowest BCUT2D eigenvalue weighted by Crippen LogP contribution is -2.54. The van der Waals surface area contributed by atoms with Gasteiger partial charge in [0.25, 0.3) is 0 Å². The monoisotopic (exact) mass is 667 g/mol. The van der Waals surface area contributed by atoms with Crippen LogP contribution in [0.2, 0.25) is 0 Å². The van der Waals surface area contributed by atoms with Crippen LogP contribution in [0.3, 0.4) is 0 Å². The summed E-state index contributed by atoms with van der Waals surface area (Å²) >= 11 is 0. The van der Waals surface area contributed by atoms with E-state index >= 15 is 0 Å². The van der Waals surface area contributed by atoms with E-state index in [9.17, 15) is 0 Å². The largest absolute Gasteiger partial charge is 0.327 e. The zero-order valence-corrected chi connectivity index (χ0v) is 30.2. The Bertz CT molecular complexity index is 2570. The Labute approximate surface area is 307 Å². The second kappa shape index (κ2) is 10.5. The Morgan fingerprint density at radius 3 is 1.79 bits per heavy atom. The van der Waals surface area contributed by atoms with Gasteiger partial charge in [-0.15, -0.1) is 0 Å². The van der Waals surface area contributed by atoms with Gasteiger partial charge in [0.1, 0.15) is 0 Å². The Hall–Kier alpha value is -5.66. The summed E-state index contributed by atoms with van der Waals surface area (Å²) in [7, 11) is 0. The van der Waals surface area contributed by atoms with Gasteiger partial charge in [-0.1, -0.05) is 166 Å². The predicted molar refractivity (Wildman–Crippen MR) is 216 cm³/mol. The molecule has 2 bridgehead atoms. The predicted octanol–water partition coefficient (Wildman–Crippen LogP) is 12.7. The van der Waals surface area contributed by atoms with Gasteiger partial charge in [-0.2, -0.15) is 0 Å². The molecule has 1 spiro atoms. The lowest BCUT2D eigenvalue weighted by Gasteiger charge is -2.57. The first kappa shape index (κ1) is 30.0. The zero-order chi connectivity index (χ0) is 34.9. The van der Waals surface area contributed by atoms with Crippen LogP contribution in [-0.4, -0.2) is 5.54 Å². The molecule has 1 nitrogen and oxygen atoms in total. The Morgan fingerprint density at radius 1 is 0.500 bits per heavy atom. The number of hydrogen-bond donors (Lipinski definition) is 0. The topological polar surface area (TPSA) is 3.24 Å². The first-order valence-electron chi connectivity index (χ1n) is 19.0. The van der Waals surface area contributed by atoms with Crippen LogP contribution in [0.15, 0.2) is 174 Å². The lowest BCUT2D eigenvalue weighted by molar-refractivity contribution is 0.488. The molecule has 1 aliphatic heterocycles. The minimum Gasteiger partial charge on any atom is -0.327 e. The highest BCUT2D eigenvalue weighted by Crippen LogP contribution is 2.72. The summed E-state index contributed by atoms with van der Waals surface area (Å²) in [5, 5.41) is 0. The molecule has 250 valence electrons. The number of rotatable bonds is 3. The molecule has 1 heterocycles. The number of nitrogens with zero attached hydrogens (tertiary/aromatic N) is 1. The van der Waals surface area contributed by atoms with E-state index in [0.717, 1.165) is 0 Å². The number of anilines is 2. The minimum atomic E-state index is -0.464. The van der Waals surface area contributed by atoms with E-state index in [-0.39, 0.29) is 17.3 Å². The fourth-order valence-electron chi connectivity index (χ4n) is 11.7. The van der Waals surface area contributed by atoms with Crippen molar-refractivity contribution in [1.29, 1.82) is 0 Å². The maximum absolute atomic E-state index is 2.76. The smallest absolute Gasteiger partial charge is 0.0898 e. The molecule has 4 aliphatic carbocycles. The van der Waals surface area contributed by atoms with Crippen LogP contribution in [0.25, 0.3) is 33.4 Å². The van der Waals surface area contributed by atoms with Crippen molar-refractivity contribution in [3.8, 4) is 22.3 Å². The van der Waals surface area contributed by atoms with Crippen LogP contribution in [0.5, 0.6) is 0 Å². The third kappa shape index (κ3) is 3.50. The molecule has 0 fully saturated rings. The summed E-state index contributed by atoms with van der Waals surface area (Å²) in [6.45, 7) is 10.1. The second-order valence-electron chi connectivity index (χ2n) is 15.7. The highest BCUT2D eigenvalue weighted by Gasteiger charge is 2.63. The van der Waals surface area contributed by atoms with Gasteiger partial charge in [0.15, 0.2) is 0 Å².